The summed E-state index contributed by atoms with van der Waals surface area (Å²) in [6, 6.07) is 2.22. The number of carbonyl (C=O) groups is 1. The van der Waals surface area contributed by atoms with Gasteiger partial charge in [0, 0.05) is 30.1 Å². The first kappa shape index (κ1) is 14.5. The van der Waals surface area contributed by atoms with E-state index < -0.39 is 0 Å². The van der Waals surface area contributed by atoms with E-state index in [1.165, 1.54) is 0 Å². The Hall–Kier alpha value is -2.08. The number of rotatable bonds is 2. The molecule has 0 spiro atoms. The Morgan fingerprint density at radius 3 is 3.09 bits per heavy atom. The molecular formula is C16H18ClN5O. The highest BCUT2D eigenvalue weighted by Crippen LogP contribution is 2.37. The second kappa shape index (κ2) is 5.23. The molecule has 1 aliphatic carbocycles. The van der Waals surface area contributed by atoms with E-state index in [-0.39, 0.29) is 17.9 Å². The maximum atomic E-state index is 11.8. The van der Waals surface area contributed by atoms with Crippen LogP contribution in [-0.4, -0.2) is 32.5 Å². The second-order valence-electron chi connectivity index (χ2n) is 6.25. The molecule has 0 aliphatic heterocycles. The Morgan fingerprint density at radius 1 is 1.48 bits per heavy atom. The summed E-state index contributed by atoms with van der Waals surface area (Å²) in [4.78, 5) is 24.3. The molecule has 2 unspecified atom stereocenters. The van der Waals surface area contributed by atoms with Crippen molar-refractivity contribution in [3.05, 3.63) is 23.2 Å². The SMILES string of the molecule is CNC(=O)C1CCC(n2cnc3c4[nH]c(C)cc4c(Cl)nc32)C1. The van der Waals surface area contributed by atoms with Crippen LogP contribution in [0.5, 0.6) is 0 Å². The summed E-state index contributed by atoms with van der Waals surface area (Å²) >= 11 is 6.35. The molecule has 6 nitrogen and oxygen atoms in total. The molecule has 1 aliphatic rings. The lowest BCUT2D eigenvalue weighted by Gasteiger charge is -2.13. The molecule has 1 saturated carbocycles. The molecule has 4 rings (SSSR count). The second-order valence-corrected chi connectivity index (χ2v) is 6.60. The van der Waals surface area contributed by atoms with Crippen LogP contribution in [-0.2, 0) is 4.79 Å². The lowest BCUT2D eigenvalue weighted by atomic mass is 10.1. The molecule has 3 heterocycles. The largest absolute Gasteiger partial charge is 0.359 e. The Labute approximate surface area is 138 Å². The number of halogens is 1. The van der Waals surface area contributed by atoms with Gasteiger partial charge in [0.2, 0.25) is 5.91 Å². The van der Waals surface area contributed by atoms with E-state index in [0.29, 0.717) is 5.15 Å². The lowest BCUT2D eigenvalue weighted by molar-refractivity contribution is -0.124. The van der Waals surface area contributed by atoms with Crippen LogP contribution in [0.3, 0.4) is 0 Å². The van der Waals surface area contributed by atoms with Gasteiger partial charge in [0.05, 0.1) is 11.8 Å². The third-order valence-corrected chi connectivity index (χ3v) is 5.09. The molecule has 1 fully saturated rings. The fourth-order valence-electron chi connectivity index (χ4n) is 3.65. The molecular weight excluding hydrogens is 314 g/mol. The first-order chi connectivity index (χ1) is 11.1. The Balaban J connectivity index is 1.79. The molecule has 2 atom stereocenters. The highest BCUT2D eigenvalue weighted by Gasteiger charge is 2.31. The van der Waals surface area contributed by atoms with E-state index in [1.54, 1.807) is 7.05 Å². The highest BCUT2D eigenvalue weighted by atomic mass is 35.5. The standard InChI is InChI=1S/C16H18ClN5O/c1-8-5-11-12(20-8)13-15(21-14(11)17)22(7-19-13)10-4-3-9(6-10)16(23)18-2/h5,7,9-10,20H,3-4,6H2,1-2H3,(H,18,23). The maximum absolute atomic E-state index is 11.8. The molecule has 2 N–H and O–H groups in total. The van der Waals surface area contributed by atoms with Gasteiger partial charge >= 0.3 is 0 Å². The molecule has 3 aromatic heterocycles. The predicted octanol–water partition coefficient (Wildman–Crippen LogP) is 2.96. The van der Waals surface area contributed by atoms with Gasteiger partial charge < -0.3 is 14.9 Å². The summed E-state index contributed by atoms with van der Waals surface area (Å²) < 4.78 is 2.07. The minimum Gasteiger partial charge on any atom is -0.359 e. The number of hydrogen-bond donors (Lipinski definition) is 2. The van der Waals surface area contributed by atoms with Crippen molar-refractivity contribution in [1.82, 2.24) is 24.8 Å². The van der Waals surface area contributed by atoms with Gasteiger partial charge in [-0.25, -0.2) is 9.97 Å². The fourth-order valence-corrected chi connectivity index (χ4v) is 3.88. The molecule has 23 heavy (non-hydrogen) atoms. The maximum Gasteiger partial charge on any atom is 0.222 e. The van der Waals surface area contributed by atoms with Gasteiger partial charge in [0.15, 0.2) is 5.65 Å². The number of amides is 1. The monoisotopic (exact) mass is 331 g/mol. The van der Waals surface area contributed by atoms with Crippen molar-refractivity contribution in [2.75, 3.05) is 7.05 Å². The zero-order valence-corrected chi connectivity index (χ0v) is 13.8. The number of carbonyl (C=O) groups excluding carboxylic acids is 1. The predicted molar refractivity (Wildman–Crippen MR) is 89.6 cm³/mol. The molecule has 0 radical (unpaired) electrons. The van der Waals surface area contributed by atoms with Crippen LogP contribution >= 0.6 is 11.6 Å². The fraction of sp³-hybridized carbons (Fsp3) is 0.438. The zero-order valence-electron chi connectivity index (χ0n) is 13.1. The summed E-state index contributed by atoms with van der Waals surface area (Å²) in [6.45, 7) is 1.99. The number of fused-ring (bicyclic) bond motifs is 3. The van der Waals surface area contributed by atoms with Crippen molar-refractivity contribution in [1.29, 1.82) is 0 Å². The lowest BCUT2D eigenvalue weighted by Crippen LogP contribution is -2.25. The van der Waals surface area contributed by atoms with Crippen LogP contribution in [0.1, 0.15) is 31.0 Å². The van der Waals surface area contributed by atoms with Crippen LogP contribution in [0, 0.1) is 12.8 Å². The van der Waals surface area contributed by atoms with E-state index >= 15 is 0 Å². The molecule has 0 bridgehead atoms. The van der Waals surface area contributed by atoms with Gasteiger partial charge in [-0.3, -0.25) is 4.79 Å². The van der Waals surface area contributed by atoms with Crippen molar-refractivity contribution in [2.24, 2.45) is 5.92 Å². The number of nitrogens with zero attached hydrogens (tertiary/aromatic N) is 3. The molecule has 1 amide bonds. The van der Waals surface area contributed by atoms with E-state index in [9.17, 15) is 4.79 Å². The Bertz CT molecular complexity index is 912. The zero-order chi connectivity index (χ0) is 16.1. The summed E-state index contributed by atoms with van der Waals surface area (Å²) in [5.41, 5.74) is 3.58. The number of hydrogen-bond acceptors (Lipinski definition) is 3. The van der Waals surface area contributed by atoms with Crippen LogP contribution in [0.15, 0.2) is 12.4 Å². The van der Waals surface area contributed by atoms with Gasteiger partial charge in [0.1, 0.15) is 10.7 Å². The van der Waals surface area contributed by atoms with Crippen molar-refractivity contribution < 1.29 is 4.79 Å². The third kappa shape index (κ3) is 2.20. The highest BCUT2D eigenvalue weighted by molar-refractivity contribution is 6.35. The quantitative estimate of drug-likeness (QED) is 0.709. The van der Waals surface area contributed by atoms with Gasteiger partial charge in [-0.15, -0.1) is 0 Å². The molecule has 0 aromatic carbocycles. The topological polar surface area (TPSA) is 75.6 Å². The Morgan fingerprint density at radius 2 is 2.30 bits per heavy atom. The summed E-state index contributed by atoms with van der Waals surface area (Å²) in [7, 11) is 1.69. The number of aryl methyl sites for hydroxylation is 1. The van der Waals surface area contributed by atoms with Crippen LogP contribution in [0.4, 0.5) is 0 Å². The Kier molecular flexibility index (Phi) is 3.30. The number of H-pyrrole nitrogens is 1. The number of imidazole rings is 1. The number of aromatic amines is 1. The first-order valence-corrected chi connectivity index (χ1v) is 8.19. The van der Waals surface area contributed by atoms with Crippen molar-refractivity contribution in [3.8, 4) is 0 Å². The van der Waals surface area contributed by atoms with Crippen molar-refractivity contribution >= 4 is 39.6 Å². The summed E-state index contributed by atoms with van der Waals surface area (Å²) in [6.07, 6.45) is 4.47. The number of aromatic nitrogens is 4. The van der Waals surface area contributed by atoms with Gasteiger partial charge in [-0.05, 0) is 32.3 Å². The normalized spacial score (nSPS) is 21.3. The molecule has 0 saturated heterocycles. The molecule has 7 heteroatoms. The van der Waals surface area contributed by atoms with Gasteiger partial charge in [0.25, 0.3) is 0 Å². The van der Waals surface area contributed by atoms with Crippen molar-refractivity contribution in [3.63, 3.8) is 0 Å². The summed E-state index contributed by atoms with van der Waals surface area (Å²) in [5, 5.41) is 4.13. The average molecular weight is 332 g/mol. The van der Waals surface area contributed by atoms with Crippen molar-refractivity contribution in [2.45, 2.75) is 32.2 Å². The average Bonchev–Trinajstić information content (AvgIpc) is 3.22. The smallest absolute Gasteiger partial charge is 0.222 e. The number of nitrogens with one attached hydrogen (secondary N) is 2. The van der Waals surface area contributed by atoms with Crippen LogP contribution in [0.2, 0.25) is 5.15 Å². The summed E-state index contributed by atoms with van der Waals surface area (Å²) in [5.74, 6) is 0.180. The minimum absolute atomic E-state index is 0.0642. The van der Waals surface area contributed by atoms with E-state index in [2.05, 4.69) is 24.8 Å². The van der Waals surface area contributed by atoms with Gasteiger partial charge in [-0.2, -0.15) is 0 Å². The first-order valence-electron chi connectivity index (χ1n) is 7.81. The van der Waals surface area contributed by atoms with Gasteiger partial charge in [-0.1, -0.05) is 11.6 Å². The number of pyridine rings is 1. The van der Waals surface area contributed by atoms with E-state index in [4.69, 9.17) is 11.6 Å². The third-order valence-electron chi connectivity index (χ3n) is 4.80. The molecule has 120 valence electrons. The van der Waals surface area contributed by atoms with E-state index in [0.717, 1.165) is 47.0 Å². The molecule has 3 aromatic rings. The minimum atomic E-state index is 0.0642. The van der Waals surface area contributed by atoms with Crippen LogP contribution < -0.4 is 5.32 Å². The van der Waals surface area contributed by atoms with E-state index in [1.807, 2.05) is 19.3 Å². The van der Waals surface area contributed by atoms with Crippen LogP contribution in [0.25, 0.3) is 22.1 Å².